The topological polar surface area (TPSA) is 108 Å². The molecule has 1 aromatic rings. The van der Waals surface area contributed by atoms with Gasteiger partial charge >= 0.3 is 11.9 Å². The Bertz CT molecular complexity index is 844. The molecule has 0 aliphatic carbocycles. The fourth-order valence-corrected chi connectivity index (χ4v) is 3.62. The van der Waals surface area contributed by atoms with E-state index in [0.717, 1.165) is 0 Å². The number of non-ortho nitro benzene ring substituents is 1. The molecule has 0 fully saturated rings. The Balaban J connectivity index is 2.82. The highest BCUT2D eigenvalue weighted by Gasteiger charge is 2.48. The van der Waals surface area contributed by atoms with Crippen molar-refractivity contribution in [1.82, 2.24) is 5.32 Å². The minimum atomic E-state index is -1.29. The van der Waals surface area contributed by atoms with Gasteiger partial charge in [0.1, 0.15) is 0 Å². The molecule has 1 heterocycles. The summed E-state index contributed by atoms with van der Waals surface area (Å²) >= 11 is 0. The first-order chi connectivity index (χ1) is 13.2. The highest BCUT2D eigenvalue weighted by atomic mass is 16.6. The van der Waals surface area contributed by atoms with Crippen LogP contribution < -0.4 is 5.32 Å². The summed E-state index contributed by atoms with van der Waals surface area (Å²) in [7, 11) is 0. The van der Waals surface area contributed by atoms with Crippen LogP contribution in [0.2, 0.25) is 0 Å². The van der Waals surface area contributed by atoms with Crippen molar-refractivity contribution >= 4 is 17.6 Å². The maximum absolute atomic E-state index is 12.8. The van der Waals surface area contributed by atoms with Gasteiger partial charge in [0.05, 0.1) is 34.7 Å². The lowest BCUT2D eigenvalue weighted by atomic mass is 9.67. The molecule has 28 heavy (non-hydrogen) atoms. The normalized spacial score (nSPS) is 15.8. The van der Waals surface area contributed by atoms with Crippen molar-refractivity contribution in [3.05, 3.63) is 62.5 Å². The third kappa shape index (κ3) is 3.62. The second-order valence-electron chi connectivity index (χ2n) is 6.50. The monoisotopic (exact) mass is 388 g/mol. The molecule has 0 radical (unpaired) electrons. The maximum Gasteiger partial charge on any atom is 0.337 e. The van der Waals surface area contributed by atoms with Crippen LogP contribution in [0.15, 0.2) is 46.8 Å². The summed E-state index contributed by atoms with van der Waals surface area (Å²) in [6.07, 6.45) is 0. The summed E-state index contributed by atoms with van der Waals surface area (Å²) in [5.41, 5.74) is 0.444. The number of rotatable bonds is 6. The molecule has 0 saturated carbocycles. The van der Waals surface area contributed by atoms with Crippen molar-refractivity contribution in [2.75, 3.05) is 13.2 Å². The highest BCUT2D eigenvalue weighted by Crippen LogP contribution is 2.45. The van der Waals surface area contributed by atoms with Gasteiger partial charge in [-0.25, -0.2) is 9.59 Å². The predicted molar refractivity (Wildman–Crippen MR) is 102 cm³/mol. The molecule has 0 saturated heterocycles. The molecule has 8 heteroatoms. The number of hydrogen-bond donors (Lipinski definition) is 1. The molecule has 1 N–H and O–H groups in total. The van der Waals surface area contributed by atoms with Crippen LogP contribution in [0.4, 0.5) is 5.69 Å². The number of hydrogen-bond acceptors (Lipinski definition) is 7. The zero-order chi connectivity index (χ0) is 21.1. The van der Waals surface area contributed by atoms with E-state index in [4.69, 9.17) is 9.47 Å². The van der Waals surface area contributed by atoms with Crippen molar-refractivity contribution in [2.45, 2.75) is 40.0 Å². The fraction of sp³-hybridized carbons (Fsp3) is 0.400. The van der Waals surface area contributed by atoms with Gasteiger partial charge in [-0.15, -0.1) is 0 Å². The quantitative estimate of drug-likeness (QED) is 0.453. The Hall–Kier alpha value is -3.16. The number of carbonyl (C=O) groups excluding carboxylic acids is 2. The first-order valence-corrected chi connectivity index (χ1v) is 8.97. The number of carbonyl (C=O) groups is 2. The molecule has 0 atom stereocenters. The van der Waals surface area contributed by atoms with Gasteiger partial charge in [-0.1, -0.05) is 12.1 Å². The van der Waals surface area contributed by atoms with E-state index in [2.05, 4.69) is 5.32 Å². The zero-order valence-corrected chi connectivity index (χ0v) is 16.6. The minimum Gasteiger partial charge on any atom is -0.463 e. The number of nitrogens with one attached hydrogen (secondary N) is 1. The predicted octanol–water partition coefficient (Wildman–Crippen LogP) is 3.13. The molecule has 0 spiro atoms. The summed E-state index contributed by atoms with van der Waals surface area (Å²) in [6.45, 7) is 8.75. The van der Waals surface area contributed by atoms with Crippen LogP contribution in [-0.2, 0) is 24.5 Å². The fourth-order valence-electron chi connectivity index (χ4n) is 3.62. The molecule has 0 amide bonds. The van der Waals surface area contributed by atoms with E-state index in [9.17, 15) is 19.7 Å². The van der Waals surface area contributed by atoms with Gasteiger partial charge in [0, 0.05) is 23.5 Å². The molecule has 0 aromatic heterocycles. The molecule has 1 aliphatic rings. The summed E-state index contributed by atoms with van der Waals surface area (Å²) < 4.78 is 10.4. The number of esters is 2. The summed E-state index contributed by atoms with van der Waals surface area (Å²) in [5.74, 6) is -1.20. The number of nitrogens with zero attached hydrogens (tertiary/aromatic N) is 1. The van der Waals surface area contributed by atoms with E-state index in [0.29, 0.717) is 17.0 Å². The molecule has 0 bridgehead atoms. The van der Waals surface area contributed by atoms with Crippen LogP contribution in [0, 0.1) is 10.1 Å². The van der Waals surface area contributed by atoms with Crippen molar-refractivity contribution in [3.8, 4) is 0 Å². The van der Waals surface area contributed by atoms with E-state index in [1.54, 1.807) is 40.7 Å². The van der Waals surface area contributed by atoms with Crippen LogP contribution >= 0.6 is 0 Å². The lowest BCUT2D eigenvalue weighted by Crippen LogP contribution is -2.43. The second-order valence-corrected chi connectivity index (χ2v) is 6.50. The van der Waals surface area contributed by atoms with Crippen LogP contribution in [0.25, 0.3) is 0 Å². The number of nitro groups is 1. The molecule has 150 valence electrons. The zero-order valence-electron chi connectivity index (χ0n) is 16.6. The number of benzene rings is 1. The summed E-state index contributed by atoms with van der Waals surface area (Å²) in [5, 5.41) is 14.3. The third-order valence-corrected chi connectivity index (χ3v) is 4.72. The average molecular weight is 388 g/mol. The molecule has 8 nitrogen and oxygen atoms in total. The average Bonchev–Trinajstić information content (AvgIpc) is 2.61. The standard InChI is InChI=1S/C20H24N2O6/c1-6-27-18(23)16-12(3)21-13(4)17(19(24)28-7-2)20(16,5)14-9-8-10-15(11-14)22(25)26/h8-11,21H,6-7H2,1-5H3. The number of nitro benzene ring substituents is 1. The summed E-state index contributed by atoms with van der Waals surface area (Å²) in [6, 6.07) is 5.90. The largest absolute Gasteiger partial charge is 0.463 e. The van der Waals surface area contributed by atoms with Gasteiger partial charge < -0.3 is 14.8 Å². The molecule has 0 unspecified atom stereocenters. The Kier molecular flexibility index (Phi) is 6.23. The number of ether oxygens (including phenoxy) is 2. The van der Waals surface area contributed by atoms with Gasteiger partial charge in [0.25, 0.3) is 5.69 Å². The van der Waals surface area contributed by atoms with Crippen molar-refractivity contribution < 1.29 is 24.0 Å². The van der Waals surface area contributed by atoms with Gasteiger partial charge in [0.2, 0.25) is 0 Å². The lowest BCUT2D eigenvalue weighted by molar-refractivity contribution is -0.384. The first-order valence-electron chi connectivity index (χ1n) is 8.97. The van der Waals surface area contributed by atoms with E-state index >= 15 is 0 Å². The van der Waals surface area contributed by atoms with Gasteiger partial charge in [0.15, 0.2) is 0 Å². The van der Waals surface area contributed by atoms with Gasteiger partial charge in [-0.05, 0) is 40.2 Å². The smallest absolute Gasteiger partial charge is 0.337 e. The van der Waals surface area contributed by atoms with Crippen LogP contribution in [0.5, 0.6) is 0 Å². The van der Waals surface area contributed by atoms with Gasteiger partial charge in [-0.3, -0.25) is 10.1 Å². The van der Waals surface area contributed by atoms with E-state index < -0.39 is 22.3 Å². The first kappa shape index (κ1) is 21.1. The molecule has 2 rings (SSSR count). The van der Waals surface area contributed by atoms with Gasteiger partial charge in [-0.2, -0.15) is 0 Å². The Morgan fingerprint density at radius 1 is 1.07 bits per heavy atom. The Labute approximate surface area is 163 Å². The Morgan fingerprint density at radius 2 is 1.57 bits per heavy atom. The SMILES string of the molecule is CCOC(=O)C1=C(C)NC(C)=C(C(=O)OCC)C1(C)c1cccc([N+](=O)[O-])c1. The lowest BCUT2D eigenvalue weighted by Gasteiger charge is -2.39. The van der Waals surface area contributed by atoms with Crippen LogP contribution in [-0.4, -0.2) is 30.1 Å². The number of dihydropyridines is 1. The third-order valence-electron chi connectivity index (χ3n) is 4.72. The molecule has 1 aromatic carbocycles. The highest BCUT2D eigenvalue weighted by molar-refractivity contribution is 6.01. The number of allylic oxidation sites excluding steroid dienone is 2. The van der Waals surface area contributed by atoms with E-state index in [1.165, 1.54) is 18.2 Å². The van der Waals surface area contributed by atoms with E-state index in [-0.39, 0.29) is 30.0 Å². The Morgan fingerprint density at radius 3 is 2.00 bits per heavy atom. The minimum absolute atomic E-state index is 0.140. The maximum atomic E-state index is 12.8. The second kappa shape index (κ2) is 8.24. The van der Waals surface area contributed by atoms with Crippen molar-refractivity contribution in [2.24, 2.45) is 0 Å². The molecule has 1 aliphatic heterocycles. The molecular formula is C20H24N2O6. The van der Waals surface area contributed by atoms with Crippen LogP contribution in [0.3, 0.4) is 0 Å². The summed E-state index contributed by atoms with van der Waals surface area (Å²) in [4.78, 5) is 36.4. The van der Waals surface area contributed by atoms with Crippen molar-refractivity contribution in [1.29, 1.82) is 0 Å². The molecular weight excluding hydrogens is 364 g/mol. The van der Waals surface area contributed by atoms with Crippen LogP contribution in [0.1, 0.15) is 40.2 Å². The van der Waals surface area contributed by atoms with Crippen molar-refractivity contribution in [3.63, 3.8) is 0 Å². The van der Waals surface area contributed by atoms with E-state index in [1.807, 2.05) is 0 Å².